The molecule has 1 aliphatic rings. The number of aromatic nitrogens is 1. The van der Waals surface area contributed by atoms with Crippen molar-refractivity contribution in [1.82, 2.24) is 4.98 Å². The van der Waals surface area contributed by atoms with E-state index in [4.69, 9.17) is 5.26 Å². The van der Waals surface area contributed by atoms with E-state index < -0.39 is 0 Å². The van der Waals surface area contributed by atoms with E-state index in [0.29, 0.717) is 11.6 Å². The van der Waals surface area contributed by atoms with Crippen LogP contribution in [-0.2, 0) is 0 Å². The van der Waals surface area contributed by atoms with Gasteiger partial charge in [0.15, 0.2) is 0 Å². The Morgan fingerprint density at radius 3 is 2.94 bits per heavy atom. The minimum Gasteiger partial charge on any atom is -0.353 e. The van der Waals surface area contributed by atoms with Crippen molar-refractivity contribution in [2.24, 2.45) is 0 Å². The summed E-state index contributed by atoms with van der Waals surface area (Å²) in [7, 11) is 0. The molecule has 1 aromatic heterocycles. The van der Waals surface area contributed by atoms with Gasteiger partial charge in [0, 0.05) is 18.3 Å². The number of rotatable bonds is 1. The molecule has 0 amide bonds. The van der Waals surface area contributed by atoms with Crippen LogP contribution in [0.2, 0.25) is 0 Å². The van der Waals surface area contributed by atoms with Gasteiger partial charge in [-0.15, -0.1) is 0 Å². The molecule has 3 nitrogen and oxygen atoms in total. The van der Waals surface area contributed by atoms with E-state index in [1.54, 1.807) is 0 Å². The molecule has 3 heteroatoms. The van der Waals surface area contributed by atoms with Crippen molar-refractivity contribution >= 4 is 5.82 Å². The maximum absolute atomic E-state index is 9.11. The summed E-state index contributed by atoms with van der Waals surface area (Å²) in [4.78, 5) is 6.79. The standard InChI is InChI=1S/C13H17N3/c1-10-6-7-12(9-14)13(15-10)16-8-4-3-5-11(16)2/h6-7,11H,3-5,8H2,1-2H3. The van der Waals surface area contributed by atoms with Gasteiger partial charge in [-0.1, -0.05) is 0 Å². The highest BCUT2D eigenvalue weighted by Gasteiger charge is 2.22. The van der Waals surface area contributed by atoms with Crippen LogP contribution >= 0.6 is 0 Å². The summed E-state index contributed by atoms with van der Waals surface area (Å²) < 4.78 is 0. The zero-order valence-electron chi connectivity index (χ0n) is 9.90. The van der Waals surface area contributed by atoms with Crippen molar-refractivity contribution in [3.05, 3.63) is 23.4 Å². The van der Waals surface area contributed by atoms with Gasteiger partial charge in [0.2, 0.25) is 0 Å². The van der Waals surface area contributed by atoms with Crippen LogP contribution in [0.1, 0.15) is 37.4 Å². The zero-order chi connectivity index (χ0) is 11.5. The van der Waals surface area contributed by atoms with E-state index in [2.05, 4.69) is 22.9 Å². The number of hydrogen-bond acceptors (Lipinski definition) is 3. The van der Waals surface area contributed by atoms with Gasteiger partial charge in [0.1, 0.15) is 11.9 Å². The Kier molecular flexibility index (Phi) is 3.09. The van der Waals surface area contributed by atoms with Crippen molar-refractivity contribution in [2.45, 2.75) is 39.2 Å². The van der Waals surface area contributed by atoms with Crippen LogP contribution in [0.4, 0.5) is 5.82 Å². The van der Waals surface area contributed by atoms with Crippen LogP contribution in [0.15, 0.2) is 12.1 Å². The molecule has 0 aromatic carbocycles. The molecule has 1 atom stereocenters. The molecule has 0 radical (unpaired) electrons. The SMILES string of the molecule is Cc1ccc(C#N)c(N2CCCCC2C)n1. The van der Waals surface area contributed by atoms with E-state index in [1.165, 1.54) is 19.3 Å². The first-order valence-corrected chi connectivity index (χ1v) is 5.87. The number of nitrogens with zero attached hydrogens (tertiary/aromatic N) is 3. The fourth-order valence-electron chi connectivity index (χ4n) is 2.26. The monoisotopic (exact) mass is 215 g/mol. The predicted octanol–water partition coefficient (Wildman–Crippen LogP) is 2.64. The van der Waals surface area contributed by atoms with Crippen molar-refractivity contribution in [1.29, 1.82) is 5.26 Å². The molecule has 84 valence electrons. The first-order chi connectivity index (χ1) is 7.72. The number of anilines is 1. The maximum atomic E-state index is 9.11. The molecule has 0 saturated carbocycles. The fraction of sp³-hybridized carbons (Fsp3) is 0.538. The summed E-state index contributed by atoms with van der Waals surface area (Å²) in [6.07, 6.45) is 3.68. The summed E-state index contributed by atoms with van der Waals surface area (Å²) in [5.74, 6) is 0.870. The topological polar surface area (TPSA) is 39.9 Å². The molecule has 0 bridgehead atoms. The molecule has 2 rings (SSSR count). The van der Waals surface area contributed by atoms with E-state index in [9.17, 15) is 0 Å². The van der Waals surface area contributed by atoms with Gasteiger partial charge in [-0.05, 0) is 45.2 Å². The predicted molar refractivity (Wildman–Crippen MR) is 64.3 cm³/mol. The van der Waals surface area contributed by atoms with Gasteiger partial charge in [-0.2, -0.15) is 5.26 Å². The molecule has 1 unspecified atom stereocenters. The second-order valence-corrected chi connectivity index (χ2v) is 4.47. The molecule has 0 N–H and O–H groups in total. The molecular formula is C13H17N3. The summed E-state index contributed by atoms with van der Waals surface area (Å²) in [5.41, 5.74) is 1.67. The van der Waals surface area contributed by atoms with Gasteiger partial charge in [-0.25, -0.2) is 4.98 Å². The van der Waals surface area contributed by atoms with Gasteiger partial charge in [0.05, 0.1) is 5.56 Å². The minimum atomic E-state index is 0.496. The van der Waals surface area contributed by atoms with Crippen LogP contribution in [-0.4, -0.2) is 17.6 Å². The van der Waals surface area contributed by atoms with Crippen LogP contribution in [0.25, 0.3) is 0 Å². The number of aryl methyl sites for hydroxylation is 1. The third-order valence-electron chi connectivity index (χ3n) is 3.21. The van der Waals surface area contributed by atoms with E-state index in [0.717, 1.165) is 18.1 Å². The number of pyridine rings is 1. The van der Waals surface area contributed by atoms with Gasteiger partial charge in [0.25, 0.3) is 0 Å². The molecule has 2 heterocycles. The lowest BCUT2D eigenvalue weighted by Gasteiger charge is -2.35. The smallest absolute Gasteiger partial charge is 0.147 e. The minimum absolute atomic E-state index is 0.496. The average molecular weight is 215 g/mol. The zero-order valence-corrected chi connectivity index (χ0v) is 9.90. The Hall–Kier alpha value is -1.56. The molecular weight excluding hydrogens is 198 g/mol. The summed E-state index contributed by atoms with van der Waals surface area (Å²) in [6.45, 7) is 5.20. The Labute approximate surface area is 96.7 Å². The highest BCUT2D eigenvalue weighted by Crippen LogP contribution is 2.25. The molecule has 0 aliphatic carbocycles. The van der Waals surface area contributed by atoms with E-state index in [1.807, 2.05) is 19.1 Å². The normalized spacial score (nSPS) is 20.6. The Morgan fingerprint density at radius 1 is 1.44 bits per heavy atom. The maximum Gasteiger partial charge on any atom is 0.147 e. The van der Waals surface area contributed by atoms with Crippen molar-refractivity contribution in [2.75, 3.05) is 11.4 Å². The molecule has 0 spiro atoms. The van der Waals surface area contributed by atoms with Crippen molar-refractivity contribution < 1.29 is 0 Å². The second kappa shape index (κ2) is 4.52. The first kappa shape index (κ1) is 10.9. The number of hydrogen-bond donors (Lipinski definition) is 0. The molecule has 1 aromatic rings. The summed E-state index contributed by atoms with van der Waals surface area (Å²) >= 11 is 0. The molecule has 1 fully saturated rings. The van der Waals surface area contributed by atoms with Crippen molar-refractivity contribution in [3.8, 4) is 6.07 Å². The number of piperidine rings is 1. The van der Waals surface area contributed by atoms with Crippen LogP contribution in [0.3, 0.4) is 0 Å². The third-order valence-corrected chi connectivity index (χ3v) is 3.21. The highest BCUT2D eigenvalue weighted by molar-refractivity contribution is 5.55. The third kappa shape index (κ3) is 2.01. The summed E-state index contributed by atoms with van der Waals surface area (Å²) in [5, 5.41) is 9.11. The lowest BCUT2D eigenvalue weighted by molar-refractivity contribution is 0.480. The fourth-order valence-corrected chi connectivity index (χ4v) is 2.26. The van der Waals surface area contributed by atoms with Crippen LogP contribution in [0, 0.1) is 18.3 Å². The van der Waals surface area contributed by atoms with Crippen molar-refractivity contribution in [3.63, 3.8) is 0 Å². The highest BCUT2D eigenvalue weighted by atomic mass is 15.2. The number of nitriles is 1. The molecule has 1 aliphatic heterocycles. The van der Waals surface area contributed by atoms with Crippen LogP contribution in [0.5, 0.6) is 0 Å². The van der Waals surface area contributed by atoms with E-state index in [-0.39, 0.29) is 0 Å². The van der Waals surface area contributed by atoms with Gasteiger partial charge in [-0.3, -0.25) is 0 Å². The average Bonchev–Trinajstić information content (AvgIpc) is 2.29. The van der Waals surface area contributed by atoms with Gasteiger partial charge < -0.3 is 4.90 Å². The molecule has 16 heavy (non-hydrogen) atoms. The first-order valence-electron chi connectivity index (χ1n) is 5.87. The second-order valence-electron chi connectivity index (χ2n) is 4.47. The largest absolute Gasteiger partial charge is 0.353 e. The quantitative estimate of drug-likeness (QED) is 0.723. The Morgan fingerprint density at radius 2 is 2.25 bits per heavy atom. The lowest BCUT2D eigenvalue weighted by Crippen LogP contribution is -2.38. The van der Waals surface area contributed by atoms with Crippen LogP contribution < -0.4 is 4.90 Å². The Bertz CT molecular complexity index is 420. The molecule has 1 saturated heterocycles. The lowest BCUT2D eigenvalue weighted by atomic mass is 10.0. The Balaban J connectivity index is 2.38. The summed E-state index contributed by atoms with van der Waals surface area (Å²) in [6, 6.07) is 6.51. The van der Waals surface area contributed by atoms with E-state index >= 15 is 0 Å². The van der Waals surface area contributed by atoms with Gasteiger partial charge >= 0.3 is 0 Å².